The number of nitrogen functional groups attached to an aromatic ring is 1. The van der Waals surface area contributed by atoms with Crippen LogP contribution in [0, 0.1) is 0 Å². The van der Waals surface area contributed by atoms with Crippen LogP contribution in [0.3, 0.4) is 0 Å². The Hall–Kier alpha value is -1.97. The first-order valence-corrected chi connectivity index (χ1v) is 11.4. The van der Waals surface area contributed by atoms with Gasteiger partial charge in [-0.1, -0.05) is 27.7 Å². The van der Waals surface area contributed by atoms with Gasteiger partial charge < -0.3 is 20.1 Å². The van der Waals surface area contributed by atoms with Crippen LogP contribution in [0.4, 0.5) is 11.6 Å². The van der Waals surface area contributed by atoms with Gasteiger partial charge in [-0.2, -0.15) is 0 Å². The standard InChI is InChI=1S/C16H16BrN5O2S.2C2H6/c1-23-15-11(18)6-9(7-19-15)12-14-13(10(17)8-25-14)21-16(20-12)22-2-4-24-5-3-22;2*1-2/h6-8H,2-5,18H2,1H3;2*1-2H3. The molecule has 0 aromatic carbocycles. The van der Waals surface area contributed by atoms with E-state index in [-0.39, 0.29) is 0 Å². The number of pyridine rings is 1. The number of fused-ring (bicyclic) bond motifs is 1. The molecule has 9 heteroatoms. The molecule has 3 aromatic heterocycles. The van der Waals surface area contributed by atoms with E-state index < -0.39 is 0 Å². The van der Waals surface area contributed by atoms with E-state index in [0.29, 0.717) is 30.7 Å². The Morgan fingerprint density at radius 3 is 2.48 bits per heavy atom. The lowest BCUT2D eigenvalue weighted by Crippen LogP contribution is -2.37. The molecule has 0 radical (unpaired) electrons. The van der Waals surface area contributed by atoms with E-state index >= 15 is 0 Å². The van der Waals surface area contributed by atoms with Crippen LogP contribution >= 0.6 is 27.3 Å². The highest BCUT2D eigenvalue weighted by molar-refractivity contribution is 9.10. The van der Waals surface area contributed by atoms with Crippen LogP contribution in [0.25, 0.3) is 21.5 Å². The van der Waals surface area contributed by atoms with Crippen molar-refractivity contribution in [2.75, 3.05) is 44.0 Å². The van der Waals surface area contributed by atoms with Gasteiger partial charge >= 0.3 is 0 Å². The predicted molar refractivity (Wildman–Crippen MR) is 125 cm³/mol. The van der Waals surface area contributed by atoms with E-state index in [2.05, 4.69) is 25.8 Å². The Bertz CT molecular complexity index is 929. The second-order valence-electron chi connectivity index (χ2n) is 5.56. The van der Waals surface area contributed by atoms with Crippen molar-refractivity contribution in [3.63, 3.8) is 0 Å². The lowest BCUT2D eigenvalue weighted by molar-refractivity contribution is 0.122. The summed E-state index contributed by atoms with van der Waals surface area (Å²) in [6.45, 7) is 10.9. The third-order valence-electron chi connectivity index (χ3n) is 4.00. The van der Waals surface area contributed by atoms with Crippen LogP contribution < -0.4 is 15.4 Å². The first-order valence-electron chi connectivity index (χ1n) is 9.74. The van der Waals surface area contributed by atoms with Gasteiger partial charge in [0, 0.05) is 30.2 Å². The van der Waals surface area contributed by atoms with E-state index in [1.807, 2.05) is 39.1 Å². The lowest BCUT2D eigenvalue weighted by Gasteiger charge is -2.27. The molecule has 4 heterocycles. The molecule has 4 rings (SSSR count). The number of ether oxygens (including phenoxy) is 2. The number of aromatic nitrogens is 3. The molecule has 1 aliphatic heterocycles. The Labute approximate surface area is 184 Å². The zero-order chi connectivity index (χ0) is 21.4. The third kappa shape index (κ3) is 5.15. The van der Waals surface area contributed by atoms with Crippen molar-refractivity contribution in [3.05, 3.63) is 22.1 Å². The molecule has 0 saturated carbocycles. The monoisotopic (exact) mass is 481 g/mol. The fourth-order valence-electron chi connectivity index (χ4n) is 2.75. The van der Waals surface area contributed by atoms with Gasteiger partial charge in [-0.3, -0.25) is 0 Å². The Kier molecular flexibility index (Phi) is 9.06. The summed E-state index contributed by atoms with van der Waals surface area (Å²) in [5.74, 6) is 1.11. The second-order valence-corrected chi connectivity index (χ2v) is 7.29. The molecule has 0 bridgehead atoms. The Morgan fingerprint density at radius 2 is 1.86 bits per heavy atom. The summed E-state index contributed by atoms with van der Waals surface area (Å²) in [5.41, 5.74) is 9.08. The number of halogens is 1. The zero-order valence-corrected chi connectivity index (χ0v) is 19.9. The topological polar surface area (TPSA) is 86.4 Å². The van der Waals surface area contributed by atoms with E-state index in [9.17, 15) is 0 Å². The number of nitrogens with two attached hydrogens (primary N) is 1. The van der Waals surface area contributed by atoms with E-state index in [1.54, 1.807) is 24.6 Å². The number of rotatable bonds is 3. The molecule has 0 spiro atoms. The van der Waals surface area contributed by atoms with Gasteiger partial charge in [0.05, 0.1) is 40.9 Å². The summed E-state index contributed by atoms with van der Waals surface area (Å²) < 4.78 is 12.5. The van der Waals surface area contributed by atoms with Crippen molar-refractivity contribution in [2.45, 2.75) is 27.7 Å². The molecule has 2 N–H and O–H groups in total. The SMILES string of the molecule is CC.CC.COc1ncc(-c2nc(N3CCOCC3)nc3c(Br)csc23)cc1N. The first kappa shape index (κ1) is 23.3. The smallest absolute Gasteiger partial charge is 0.236 e. The van der Waals surface area contributed by atoms with E-state index in [1.165, 1.54) is 0 Å². The highest BCUT2D eigenvalue weighted by Gasteiger charge is 2.20. The highest BCUT2D eigenvalue weighted by Crippen LogP contribution is 2.37. The molecule has 1 saturated heterocycles. The fraction of sp³-hybridized carbons (Fsp3) is 0.450. The van der Waals surface area contributed by atoms with Gasteiger partial charge in [-0.15, -0.1) is 11.3 Å². The van der Waals surface area contributed by atoms with Crippen molar-refractivity contribution < 1.29 is 9.47 Å². The molecular weight excluding hydrogens is 454 g/mol. The van der Waals surface area contributed by atoms with Crippen LogP contribution in [-0.4, -0.2) is 48.4 Å². The third-order valence-corrected chi connectivity index (χ3v) is 5.88. The van der Waals surface area contributed by atoms with Gasteiger partial charge in [0.25, 0.3) is 0 Å². The zero-order valence-electron chi connectivity index (χ0n) is 17.5. The van der Waals surface area contributed by atoms with Crippen LogP contribution in [0.2, 0.25) is 0 Å². The molecule has 0 atom stereocenters. The Balaban J connectivity index is 0.000000707. The molecule has 1 aliphatic rings. The largest absolute Gasteiger partial charge is 0.480 e. The van der Waals surface area contributed by atoms with Crippen molar-refractivity contribution >= 4 is 49.1 Å². The maximum atomic E-state index is 6.04. The van der Waals surface area contributed by atoms with Crippen LogP contribution in [0.1, 0.15) is 27.7 Å². The molecule has 0 unspecified atom stereocenters. The number of hydrogen-bond donors (Lipinski definition) is 1. The van der Waals surface area contributed by atoms with Crippen molar-refractivity contribution in [1.29, 1.82) is 0 Å². The summed E-state index contributed by atoms with van der Waals surface area (Å²) in [4.78, 5) is 16.0. The van der Waals surface area contributed by atoms with Crippen molar-refractivity contribution in [3.8, 4) is 17.1 Å². The first-order chi connectivity index (χ1) is 14.2. The summed E-state index contributed by atoms with van der Waals surface area (Å²) in [6, 6.07) is 1.84. The molecule has 0 aliphatic carbocycles. The molecule has 0 amide bonds. The van der Waals surface area contributed by atoms with E-state index in [0.717, 1.165) is 39.0 Å². The van der Waals surface area contributed by atoms with Gasteiger partial charge in [0.1, 0.15) is 5.52 Å². The number of anilines is 2. The molecule has 3 aromatic rings. The maximum Gasteiger partial charge on any atom is 0.236 e. The molecular formula is C20H28BrN5O2S. The Morgan fingerprint density at radius 1 is 1.17 bits per heavy atom. The molecule has 1 fully saturated rings. The van der Waals surface area contributed by atoms with E-state index in [4.69, 9.17) is 25.2 Å². The average Bonchev–Trinajstić information content (AvgIpc) is 3.17. The summed E-state index contributed by atoms with van der Waals surface area (Å²) in [6.07, 6.45) is 1.73. The maximum absolute atomic E-state index is 6.04. The van der Waals surface area contributed by atoms with Crippen LogP contribution in [0.15, 0.2) is 22.1 Å². The quantitative estimate of drug-likeness (QED) is 0.563. The number of thiophene rings is 1. The summed E-state index contributed by atoms with van der Waals surface area (Å²) in [7, 11) is 1.55. The van der Waals surface area contributed by atoms with Crippen LogP contribution in [-0.2, 0) is 4.74 Å². The van der Waals surface area contributed by atoms with Crippen molar-refractivity contribution in [2.24, 2.45) is 0 Å². The predicted octanol–water partition coefficient (Wildman–Crippen LogP) is 5.00. The van der Waals surface area contributed by atoms with Gasteiger partial charge in [-0.05, 0) is 22.0 Å². The van der Waals surface area contributed by atoms with Gasteiger partial charge in [0.15, 0.2) is 0 Å². The van der Waals surface area contributed by atoms with Gasteiger partial charge in [-0.25, -0.2) is 15.0 Å². The number of nitrogens with zero attached hydrogens (tertiary/aromatic N) is 4. The molecule has 7 nitrogen and oxygen atoms in total. The molecule has 29 heavy (non-hydrogen) atoms. The molecule has 158 valence electrons. The number of methoxy groups -OCH3 is 1. The number of morpholine rings is 1. The second kappa shape index (κ2) is 11.3. The fourth-order valence-corrected chi connectivity index (χ4v) is 4.32. The summed E-state index contributed by atoms with van der Waals surface area (Å²) >= 11 is 5.18. The normalized spacial score (nSPS) is 13.2. The summed E-state index contributed by atoms with van der Waals surface area (Å²) in [5, 5.41) is 2.02. The minimum absolute atomic E-state index is 0.412. The average molecular weight is 482 g/mol. The minimum Gasteiger partial charge on any atom is -0.480 e. The lowest BCUT2D eigenvalue weighted by atomic mass is 10.2. The van der Waals surface area contributed by atoms with Crippen LogP contribution in [0.5, 0.6) is 5.88 Å². The van der Waals surface area contributed by atoms with Crippen molar-refractivity contribution in [1.82, 2.24) is 15.0 Å². The van der Waals surface area contributed by atoms with Gasteiger partial charge in [0.2, 0.25) is 11.8 Å². The number of hydrogen-bond acceptors (Lipinski definition) is 8. The highest BCUT2D eigenvalue weighted by atomic mass is 79.9. The minimum atomic E-state index is 0.412.